The maximum atomic E-state index is 12.7. The van der Waals surface area contributed by atoms with Gasteiger partial charge in [0.2, 0.25) is 0 Å². The quantitative estimate of drug-likeness (QED) is 0.720. The Hall–Kier alpha value is -0.910. The number of carbonyl (C=O) groups excluding carboxylic acids is 1. The van der Waals surface area contributed by atoms with E-state index in [4.69, 9.17) is 9.47 Å². The van der Waals surface area contributed by atoms with Crippen molar-refractivity contribution >= 4 is 17.2 Å². The molecule has 1 atom stereocenters. The molecule has 0 bridgehead atoms. The van der Waals surface area contributed by atoms with Crippen molar-refractivity contribution in [3.63, 3.8) is 0 Å². The average molecular weight is 364 g/mol. The topological polar surface area (TPSA) is 38.8 Å². The molecule has 1 aromatic rings. The Labute approximate surface area is 154 Å². The average Bonchev–Trinajstić information content (AvgIpc) is 3.23. The van der Waals surface area contributed by atoms with E-state index >= 15 is 0 Å². The number of piperidine rings is 1. The first kappa shape index (κ1) is 17.5. The van der Waals surface area contributed by atoms with Gasteiger partial charge in [0.05, 0.1) is 10.5 Å². The minimum atomic E-state index is -0.00971. The van der Waals surface area contributed by atoms with E-state index in [1.165, 1.54) is 12.8 Å². The molecule has 1 saturated carbocycles. The van der Waals surface area contributed by atoms with E-state index in [0.29, 0.717) is 5.92 Å². The molecule has 3 aliphatic rings. The van der Waals surface area contributed by atoms with Crippen molar-refractivity contribution in [1.82, 2.24) is 4.90 Å². The van der Waals surface area contributed by atoms with Crippen LogP contribution in [0.4, 0.5) is 0 Å². The Kier molecular flexibility index (Phi) is 5.16. The van der Waals surface area contributed by atoms with Crippen molar-refractivity contribution < 1.29 is 14.3 Å². The third kappa shape index (κ3) is 3.79. The van der Waals surface area contributed by atoms with Gasteiger partial charge in [-0.25, -0.2) is 0 Å². The van der Waals surface area contributed by atoms with Crippen LogP contribution >= 0.6 is 11.3 Å². The normalized spacial score (nSPS) is 25.6. The zero-order valence-electron chi connectivity index (χ0n) is 15.2. The van der Waals surface area contributed by atoms with Gasteiger partial charge in [-0.1, -0.05) is 0 Å². The van der Waals surface area contributed by atoms with Gasteiger partial charge < -0.3 is 14.4 Å². The first-order valence-electron chi connectivity index (χ1n) is 9.73. The van der Waals surface area contributed by atoms with Gasteiger partial charge in [-0.05, 0) is 74.3 Å². The van der Waals surface area contributed by atoms with E-state index in [1.807, 2.05) is 23.3 Å². The molecule has 3 fully saturated rings. The van der Waals surface area contributed by atoms with E-state index in [1.54, 1.807) is 11.3 Å². The molecule has 1 amide bonds. The molecule has 1 aromatic heterocycles. The molecule has 0 N–H and O–H groups in total. The second kappa shape index (κ2) is 7.37. The largest absolute Gasteiger partial charge is 0.381 e. The van der Waals surface area contributed by atoms with Gasteiger partial charge in [0.1, 0.15) is 0 Å². The Balaban J connectivity index is 1.29. The smallest absolute Gasteiger partial charge is 0.264 e. The number of aryl methyl sites for hydroxylation is 1. The number of hydrogen-bond donors (Lipinski definition) is 0. The van der Waals surface area contributed by atoms with Crippen LogP contribution in [0.5, 0.6) is 0 Å². The number of nitrogens with zero attached hydrogens (tertiary/aromatic N) is 1. The third-order valence-corrected chi connectivity index (χ3v) is 7.22. The molecule has 3 heterocycles. The van der Waals surface area contributed by atoms with E-state index in [-0.39, 0.29) is 11.5 Å². The number of rotatable bonds is 6. The van der Waals surface area contributed by atoms with E-state index in [0.717, 1.165) is 75.0 Å². The van der Waals surface area contributed by atoms with Crippen LogP contribution in [0, 0.1) is 18.8 Å². The minimum absolute atomic E-state index is 0.00971. The summed E-state index contributed by atoms with van der Waals surface area (Å²) in [6, 6.07) is 2.03. The van der Waals surface area contributed by atoms with E-state index < -0.39 is 0 Å². The van der Waals surface area contributed by atoms with Crippen molar-refractivity contribution in [1.29, 1.82) is 0 Å². The number of hydrogen-bond acceptors (Lipinski definition) is 4. The van der Waals surface area contributed by atoms with Gasteiger partial charge in [-0.2, -0.15) is 0 Å². The predicted octanol–water partition coefficient (Wildman–Crippen LogP) is 3.88. The lowest BCUT2D eigenvalue weighted by molar-refractivity contribution is -0.0672. The summed E-state index contributed by atoms with van der Waals surface area (Å²) in [4.78, 5) is 15.6. The number of amides is 1. The number of thiophene rings is 1. The molecule has 138 valence electrons. The molecule has 0 radical (unpaired) electrons. The SMILES string of the molecule is Cc1ccsc1C(=O)N1CCC2(CC1)OCC[C@H]2CCOCC1CC1. The van der Waals surface area contributed by atoms with Gasteiger partial charge in [-0.3, -0.25) is 4.79 Å². The highest BCUT2D eigenvalue weighted by Gasteiger charge is 2.46. The lowest BCUT2D eigenvalue weighted by Gasteiger charge is -2.42. The molecule has 4 nitrogen and oxygen atoms in total. The highest BCUT2D eigenvalue weighted by Crippen LogP contribution is 2.42. The number of ether oxygens (including phenoxy) is 2. The zero-order chi connectivity index (χ0) is 17.3. The second-order valence-electron chi connectivity index (χ2n) is 7.93. The molecule has 0 aromatic carbocycles. The standard InChI is InChI=1S/C20H29NO3S/c1-15-6-13-25-18(15)19(22)21-9-7-20(8-10-21)17(5-12-24-20)4-11-23-14-16-2-3-16/h6,13,16-17H,2-5,7-12,14H2,1H3/t17-/m1/s1. The first-order valence-corrected chi connectivity index (χ1v) is 10.6. The van der Waals surface area contributed by atoms with Gasteiger partial charge in [-0.15, -0.1) is 11.3 Å². The Morgan fingerprint density at radius 1 is 1.36 bits per heavy atom. The first-order chi connectivity index (χ1) is 12.2. The van der Waals surface area contributed by atoms with Crippen LogP contribution in [0.2, 0.25) is 0 Å². The van der Waals surface area contributed by atoms with Crippen LogP contribution in [0.15, 0.2) is 11.4 Å². The van der Waals surface area contributed by atoms with Crippen molar-refractivity contribution in [2.24, 2.45) is 11.8 Å². The highest BCUT2D eigenvalue weighted by atomic mass is 32.1. The Morgan fingerprint density at radius 2 is 2.16 bits per heavy atom. The number of carbonyl (C=O) groups is 1. The fraction of sp³-hybridized carbons (Fsp3) is 0.750. The third-order valence-electron chi connectivity index (χ3n) is 6.21. The molecule has 1 aliphatic carbocycles. The molecule has 5 heteroatoms. The van der Waals surface area contributed by atoms with Gasteiger partial charge in [0.25, 0.3) is 5.91 Å². The van der Waals surface area contributed by atoms with Crippen molar-refractivity contribution in [3.05, 3.63) is 21.9 Å². The summed E-state index contributed by atoms with van der Waals surface area (Å²) in [7, 11) is 0. The van der Waals surface area contributed by atoms with E-state index in [9.17, 15) is 4.79 Å². The van der Waals surface area contributed by atoms with Crippen LogP contribution in [-0.4, -0.2) is 49.3 Å². The number of likely N-dealkylation sites (tertiary alicyclic amines) is 1. The van der Waals surface area contributed by atoms with Crippen LogP contribution < -0.4 is 0 Å². The van der Waals surface area contributed by atoms with Crippen LogP contribution in [0.25, 0.3) is 0 Å². The molecule has 2 saturated heterocycles. The molecule has 2 aliphatic heterocycles. The summed E-state index contributed by atoms with van der Waals surface area (Å²) in [6.45, 7) is 6.33. The highest BCUT2D eigenvalue weighted by molar-refractivity contribution is 7.12. The maximum Gasteiger partial charge on any atom is 0.264 e. The van der Waals surface area contributed by atoms with Crippen molar-refractivity contribution in [2.45, 2.75) is 51.0 Å². The maximum absolute atomic E-state index is 12.7. The molecule has 4 rings (SSSR count). The minimum Gasteiger partial charge on any atom is -0.381 e. The summed E-state index contributed by atoms with van der Waals surface area (Å²) in [6.07, 6.45) is 6.89. The van der Waals surface area contributed by atoms with Crippen molar-refractivity contribution in [3.8, 4) is 0 Å². The van der Waals surface area contributed by atoms with Crippen molar-refractivity contribution in [2.75, 3.05) is 32.9 Å². The predicted molar refractivity (Wildman–Crippen MR) is 99.1 cm³/mol. The van der Waals surface area contributed by atoms with Crippen LogP contribution in [0.1, 0.15) is 53.8 Å². The van der Waals surface area contributed by atoms with Gasteiger partial charge in [0, 0.05) is 32.9 Å². The summed E-state index contributed by atoms with van der Waals surface area (Å²) in [5.41, 5.74) is 1.09. The molecule has 0 unspecified atom stereocenters. The molecule has 25 heavy (non-hydrogen) atoms. The van der Waals surface area contributed by atoms with E-state index in [2.05, 4.69) is 0 Å². The summed E-state index contributed by atoms with van der Waals surface area (Å²) in [5, 5.41) is 2.01. The Bertz CT molecular complexity index is 602. The molecular formula is C20H29NO3S. The lowest BCUT2D eigenvalue weighted by Crippen LogP contribution is -2.49. The van der Waals surface area contributed by atoms with Gasteiger partial charge >= 0.3 is 0 Å². The van der Waals surface area contributed by atoms with Crippen LogP contribution in [-0.2, 0) is 9.47 Å². The fourth-order valence-electron chi connectivity index (χ4n) is 4.33. The van der Waals surface area contributed by atoms with Crippen LogP contribution in [0.3, 0.4) is 0 Å². The monoisotopic (exact) mass is 363 g/mol. The Morgan fingerprint density at radius 3 is 2.84 bits per heavy atom. The second-order valence-corrected chi connectivity index (χ2v) is 8.85. The summed E-state index contributed by atoms with van der Waals surface area (Å²) >= 11 is 1.56. The lowest BCUT2D eigenvalue weighted by atomic mass is 9.78. The summed E-state index contributed by atoms with van der Waals surface area (Å²) < 4.78 is 12.1. The van der Waals surface area contributed by atoms with Gasteiger partial charge in [0.15, 0.2) is 0 Å². The fourth-order valence-corrected chi connectivity index (χ4v) is 5.22. The molecule has 1 spiro atoms. The molecular weight excluding hydrogens is 334 g/mol. The summed E-state index contributed by atoms with van der Waals surface area (Å²) in [5.74, 6) is 1.63. The zero-order valence-corrected chi connectivity index (χ0v) is 16.0.